The first-order chi connectivity index (χ1) is 8.93. The molecular weight excluding hydrogens is 240 g/mol. The van der Waals surface area contributed by atoms with Crippen LogP contribution in [0.25, 0.3) is 0 Å². The molecular formula is C15H22N2O2. The Hall–Kier alpha value is -1.39. The lowest BCUT2D eigenvalue weighted by Crippen LogP contribution is -2.43. The molecule has 0 aromatic heterocycles. The number of aliphatic hydroxyl groups is 1. The number of likely N-dealkylation sites (N-methyl/N-ethyl adjacent to an activating group) is 1. The van der Waals surface area contributed by atoms with Gasteiger partial charge in [0.1, 0.15) is 0 Å². The Kier molecular flexibility index (Phi) is 3.92. The van der Waals surface area contributed by atoms with E-state index in [0.29, 0.717) is 6.42 Å². The van der Waals surface area contributed by atoms with Gasteiger partial charge in [0.25, 0.3) is 0 Å². The van der Waals surface area contributed by atoms with Gasteiger partial charge in [0.2, 0.25) is 5.91 Å². The summed E-state index contributed by atoms with van der Waals surface area (Å²) in [4.78, 5) is 13.3. The number of anilines is 1. The van der Waals surface area contributed by atoms with Gasteiger partial charge in [0.15, 0.2) is 0 Å². The van der Waals surface area contributed by atoms with Gasteiger partial charge in [-0.2, -0.15) is 0 Å². The van der Waals surface area contributed by atoms with Crippen LogP contribution in [0.2, 0.25) is 0 Å². The van der Waals surface area contributed by atoms with Gasteiger partial charge < -0.3 is 15.3 Å². The minimum Gasteiger partial charge on any atom is -0.394 e. The average Bonchev–Trinajstić information content (AvgIpc) is 2.65. The number of amides is 1. The zero-order chi connectivity index (χ0) is 14.0. The normalized spacial score (nSPS) is 14.9. The molecule has 0 bridgehead atoms. The average molecular weight is 262 g/mol. The van der Waals surface area contributed by atoms with Crippen LogP contribution in [0.5, 0.6) is 0 Å². The van der Waals surface area contributed by atoms with E-state index in [4.69, 9.17) is 0 Å². The summed E-state index contributed by atoms with van der Waals surface area (Å²) < 4.78 is 0. The van der Waals surface area contributed by atoms with Gasteiger partial charge in [0.05, 0.1) is 13.0 Å². The highest BCUT2D eigenvalue weighted by molar-refractivity contribution is 6.00. The van der Waals surface area contributed by atoms with E-state index in [1.807, 2.05) is 27.0 Å². The minimum absolute atomic E-state index is 0.122. The summed E-state index contributed by atoms with van der Waals surface area (Å²) in [6.07, 6.45) is 1.41. The maximum Gasteiger partial charge on any atom is 0.231 e. The molecule has 0 spiro atoms. The molecule has 1 aromatic carbocycles. The van der Waals surface area contributed by atoms with E-state index in [0.717, 1.165) is 24.2 Å². The first-order valence-corrected chi connectivity index (χ1v) is 6.67. The summed E-state index contributed by atoms with van der Waals surface area (Å²) in [6, 6.07) is 6.21. The van der Waals surface area contributed by atoms with Crippen LogP contribution in [0.3, 0.4) is 0 Å². The number of nitrogens with zero attached hydrogens (tertiary/aromatic N) is 1. The molecule has 0 saturated carbocycles. The first kappa shape index (κ1) is 14.0. The standard InChI is InChI=1S/C15H22N2O2/c1-15(2,10-18)16-7-6-11-4-5-13-12(8-11)9-14(19)17(13)3/h4-5,8,16,18H,6-7,9-10H2,1-3H3. The molecule has 0 fully saturated rings. The quantitative estimate of drug-likeness (QED) is 0.836. The maximum absolute atomic E-state index is 11.6. The molecule has 2 N–H and O–H groups in total. The molecule has 0 aliphatic carbocycles. The molecule has 1 amide bonds. The predicted octanol–water partition coefficient (Wildman–Crippen LogP) is 1.11. The van der Waals surface area contributed by atoms with Crippen LogP contribution in [-0.2, 0) is 17.6 Å². The summed E-state index contributed by atoms with van der Waals surface area (Å²) in [5.41, 5.74) is 3.12. The largest absolute Gasteiger partial charge is 0.394 e. The molecule has 1 heterocycles. The number of hydrogen-bond acceptors (Lipinski definition) is 3. The van der Waals surface area contributed by atoms with Gasteiger partial charge in [-0.25, -0.2) is 0 Å². The van der Waals surface area contributed by atoms with Gasteiger partial charge in [-0.15, -0.1) is 0 Å². The van der Waals surface area contributed by atoms with E-state index in [2.05, 4.69) is 17.4 Å². The number of nitrogens with one attached hydrogen (secondary N) is 1. The van der Waals surface area contributed by atoms with E-state index in [1.165, 1.54) is 5.56 Å². The van der Waals surface area contributed by atoms with Gasteiger partial charge in [0, 0.05) is 18.3 Å². The maximum atomic E-state index is 11.6. The smallest absolute Gasteiger partial charge is 0.231 e. The monoisotopic (exact) mass is 262 g/mol. The molecule has 104 valence electrons. The molecule has 19 heavy (non-hydrogen) atoms. The summed E-state index contributed by atoms with van der Waals surface area (Å²) in [7, 11) is 1.82. The summed E-state index contributed by atoms with van der Waals surface area (Å²) in [5.74, 6) is 0.159. The highest BCUT2D eigenvalue weighted by Crippen LogP contribution is 2.28. The van der Waals surface area contributed by atoms with Crippen molar-refractivity contribution in [2.24, 2.45) is 0 Å². The third-order valence-electron chi connectivity index (χ3n) is 3.63. The van der Waals surface area contributed by atoms with Crippen LogP contribution in [0.15, 0.2) is 18.2 Å². The molecule has 0 atom stereocenters. The van der Waals surface area contributed by atoms with Crippen LogP contribution in [0.1, 0.15) is 25.0 Å². The van der Waals surface area contributed by atoms with Crippen LogP contribution < -0.4 is 10.2 Å². The Morgan fingerprint density at radius 3 is 2.84 bits per heavy atom. The fraction of sp³-hybridized carbons (Fsp3) is 0.533. The Labute approximate surface area is 114 Å². The lowest BCUT2D eigenvalue weighted by molar-refractivity contribution is -0.117. The van der Waals surface area contributed by atoms with E-state index < -0.39 is 0 Å². The van der Waals surface area contributed by atoms with Gasteiger partial charge in [-0.3, -0.25) is 4.79 Å². The molecule has 1 aliphatic rings. The van der Waals surface area contributed by atoms with Crippen molar-refractivity contribution in [3.63, 3.8) is 0 Å². The first-order valence-electron chi connectivity index (χ1n) is 6.67. The fourth-order valence-corrected chi connectivity index (χ4v) is 2.28. The van der Waals surface area contributed by atoms with Crippen molar-refractivity contribution in [2.75, 3.05) is 25.1 Å². The lowest BCUT2D eigenvalue weighted by atomic mass is 10.0. The highest BCUT2D eigenvalue weighted by atomic mass is 16.3. The Balaban J connectivity index is 1.97. The van der Waals surface area contributed by atoms with Crippen molar-refractivity contribution in [3.05, 3.63) is 29.3 Å². The van der Waals surface area contributed by atoms with E-state index in [9.17, 15) is 9.90 Å². The summed E-state index contributed by atoms with van der Waals surface area (Å²) in [5, 5.41) is 12.5. The molecule has 2 rings (SSSR count). The number of benzene rings is 1. The highest BCUT2D eigenvalue weighted by Gasteiger charge is 2.23. The summed E-state index contributed by atoms with van der Waals surface area (Å²) >= 11 is 0. The zero-order valence-corrected chi connectivity index (χ0v) is 11.9. The topological polar surface area (TPSA) is 52.6 Å². The Morgan fingerprint density at radius 2 is 2.16 bits per heavy atom. The van der Waals surface area contributed by atoms with E-state index in [1.54, 1.807) is 4.90 Å². The van der Waals surface area contributed by atoms with Gasteiger partial charge in [-0.05, 0) is 44.0 Å². The van der Waals surface area contributed by atoms with E-state index in [-0.39, 0.29) is 18.1 Å². The number of fused-ring (bicyclic) bond motifs is 1. The van der Waals surface area contributed by atoms with E-state index >= 15 is 0 Å². The van der Waals surface area contributed by atoms with Crippen molar-refractivity contribution in [3.8, 4) is 0 Å². The van der Waals surface area contributed by atoms with Crippen LogP contribution in [0, 0.1) is 0 Å². The van der Waals surface area contributed by atoms with Gasteiger partial charge >= 0.3 is 0 Å². The Bertz CT molecular complexity index is 483. The molecule has 0 radical (unpaired) electrons. The number of hydrogen-bond donors (Lipinski definition) is 2. The molecule has 1 aliphatic heterocycles. The summed E-state index contributed by atoms with van der Waals surface area (Å²) in [6.45, 7) is 4.89. The van der Waals surface area contributed by atoms with Crippen molar-refractivity contribution >= 4 is 11.6 Å². The minimum atomic E-state index is -0.243. The van der Waals surface area contributed by atoms with Crippen LogP contribution in [0.4, 0.5) is 5.69 Å². The fourth-order valence-electron chi connectivity index (χ4n) is 2.28. The third kappa shape index (κ3) is 3.14. The number of rotatable bonds is 5. The third-order valence-corrected chi connectivity index (χ3v) is 3.63. The van der Waals surface area contributed by atoms with Crippen LogP contribution >= 0.6 is 0 Å². The van der Waals surface area contributed by atoms with Crippen molar-refractivity contribution in [2.45, 2.75) is 32.2 Å². The lowest BCUT2D eigenvalue weighted by Gasteiger charge is -2.23. The number of carbonyl (C=O) groups is 1. The van der Waals surface area contributed by atoms with Crippen LogP contribution in [-0.4, -0.2) is 36.8 Å². The van der Waals surface area contributed by atoms with Crippen molar-refractivity contribution in [1.29, 1.82) is 0 Å². The number of aliphatic hydroxyl groups excluding tert-OH is 1. The molecule has 0 saturated heterocycles. The molecule has 4 nitrogen and oxygen atoms in total. The zero-order valence-electron chi connectivity index (χ0n) is 11.9. The number of carbonyl (C=O) groups excluding carboxylic acids is 1. The molecule has 4 heteroatoms. The second kappa shape index (κ2) is 5.31. The molecule has 1 aromatic rings. The SMILES string of the molecule is CN1C(=O)Cc2cc(CCNC(C)(C)CO)ccc21. The second-order valence-corrected chi connectivity index (χ2v) is 5.81. The van der Waals surface area contributed by atoms with Crippen molar-refractivity contribution < 1.29 is 9.90 Å². The molecule has 0 unspecified atom stereocenters. The van der Waals surface area contributed by atoms with Crippen molar-refractivity contribution in [1.82, 2.24) is 5.32 Å². The predicted molar refractivity (Wildman–Crippen MR) is 76.4 cm³/mol. The Morgan fingerprint density at radius 1 is 1.42 bits per heavy atom. The van der Waals surface area contributed by atoms with Gasteiger partial charge in [-0.1, -0.05) is 12.1 Å². The second-order valence-electron chi connectivity index (χ2n) is 5.81.